The summed E-state index contributed by atoms with van der Waals surface area (Å²) in [6.07, 6.45) is 0.743. The van der Waals surface area contributed by atoms with E-state index in [1.807, 2.05) is 24.3 Å². The first-order chi connectivity index (χ1) is 13.8. The highest BCUT2D eigenvalue weighted by molar-refractivity contribution is 7.15. The zero-order valence-electron chi connectivity index (χ0n) is 17.1. The summed E-state index contributed by atoms with van der Waals surface area (Å²) >= 11 is 1.62. The lowest BCUT2D eigenvalue weighted by Gasteiger charge is -2.18. The SMILES string of the molecule is COc1ccccc1Cc1sc(NCc2cccc([N+](=O)[O-])c2)nc1C(C)(C)C. The molecular formula is C22H25N3O3S. The van der Waals surface area contributed by atoms with Crippen LogP contribution in [0.15, 0.2) is 48.5 Å². The van der Waals surface area contributed by atoms with Crippen molar-refractivity contribution < 1.29 is 9.66 Å². The Bertz CT molecular complexity index is 1010. The maximum Gasteiger partial charge on any atom is 0.269 e. The van der Waals surface area contributed by atoms with Gasteiger partial charge in [0.1, 0.15) is 5.75 Å². The molecule has 0 unspecified atom stereocenters. The zero-order chi connectivity index (χ0) is 21.0. The smallest absolute Gasteiger partial charge is 0.269 e. The number of anilines is 1. The Kier molecular flexibility index (Phi) is 6.17. The van der Waals surface area contributed by atoms with Crippen LogP contribution in [0.1, 0.15) is 42.5 Å². The Morgan fingerprint density at radius 2 is 1.93 bits per heavy atom. The van der Waals surface area contributed by atoms with Gasteiger partial charge in [-0.2, -0.15) is 0 Å². The van der Waals surface area contributed by atoms with Crippen molar-refractivity contribution in [3.8, 4) is 5.75 Å². The number of nitrogens with one attached hydrogen (secondary N) is 1. The minimum absolute atomic E-state index is 0.0932. The molecule has 2 aromatic carbocycles. The number of thiazole rings is 1. The molecular weight excluding hydrogens is 386 g/mol. The van der Waals surface area contributed by atoms with Crippen molar-refractivity contribution in [3.05, 3.63) is 80.3 Å². The van der Waals surface area contributed by atoms with Crippen LogP contribution in [0.4, 0.5) is 10.8 Å². The molecule has 1 aromatic heterocycles. The van der Waals surface area contributed by atoms with Gasteiger partial charge < -0.3 is 10.1 Å². The summed E-state index contributed by atoms with van der Waals surface area (Å²) in [7, 11) is 1.68. The molecule has 1 N–H and O–H groups in total. The molecule has 0 aliphatic heterocycles. The molecule has 29 heavy (non-hydrogen) atoms. The quantitative estimate of drug-likeness (QED) is 0.407. The minimum atomic E-state index is -0.379. The van der Waals surface area contributed by atoms with E-state index in [0.717, 1.165) is 34.1 Å². The fraction of sp³-hybridized carbons (Fsp3) is 0.318. The van der Waals surface area contributed by atoms with Gasteiger partial charge in [0.15, 0.2) is 5.13 Å². The Labute approximate surface area is 174 Å². The van der Waals surface area contributed by atoms with Crippen molar-refractivity contribution in [3.63, 3.8) is 0 Å². The second-order valence-electron chi connectivity index (χ2n) is 7.81. The van der Waals surface area contributed by atoms with Gasteiger partial charge in [-0.05, 0) is 17.2 Å². The third kappa shape index (κ3) is 5.12. The number of methoxy groups -OCH3 is 1. The molecule has 0 spiro atoms. The first-order valence-corrected chi connectivity index (χ1v) is 10.2. The third-order valence-corrected chi connectivity index (χ3v) is 5.53. The molecule has 0 atom stereocenters. The molecule has 0 amide bonds. The van der Waals surface area contributed by atoms with Crippen LogP contribution >= 0.6 is 11.3 Å². The summed E-state index contributed by atoms with van der Waals surface area (Å²) < 4.78 is 5.50. The van der Waals surface area contributed by atoms with Crippen LogP contribution in [-0.2, 0) is 18.4 Å². The van der Waals surface area contributed by atoms with E-state index in [9.17, 15) is 10.1 Å². The Morgan fingerprint density at radius 3 is 2.62 bits per heavy atom. The highest BCUT2D eigenvalue weighted by Crippen LogP contribution is 2.35. The molecule has 0 saturated heterocycles. The molecule has 3 rings (SSSR count). The Balaban J connectivity index is 1.84. The lowest BCUT2D eigenvalue weighted by Crippen LogP contribution is -2.14. The number of nitro groups is 1. The number of nitro benzene ring substituents is 1. The predicted molar refractivity (Wildman–Crippen MR) is 117 cm³/mol. The van der Waals surface area contributed by atoms with Crippen molar-refractivity contribution in [2.24, 2.45) is 0 Å². The number of hydrogen-bond donors (Lipinski definition) is 1. The van der Waals surface area contributed by atoms with Gasteiger partial charge in [0, 0.05) is 35.4 Å². The average Bonchev–Trinajstić information content (AvgIpc) is 3.10. The topological polar surface area (TPSA) is 77.3 Å². The summed E-state index contributed by atoms with van der Waals surface area (Å²) in [6.45, 7) is 6.93. The number of hydrogen-bond acceptors (Lipinski definition) is 6. The number of para-hydroxylation sites is 1. The molecule has 0 radical (unpaired) electrons. The number of benzene rings is 2. The zero-order valence-corrected chi connectivity index (χ0v) is 17.9. The van der Waals surface area contributed by atoms with E-state index in [1.54, 1.807) is 30.6 Å². The van der Waals surface area contributed by atoms with Crippen LogP contribution in [0.3, 0.4) is 0 Å². The monoisotopic (exact) mass is 411 g/mol. The van der Waals surface area contributed by atoms with Gasteiger partial charge in [-0.25, -0.2) is 4.98 Å². The Morgan fingerprint density at radius 1 is 1.17 bits per heavy atom. The fourth-order valence-corrected chi connectivity index (χ4v) is 4.30. The third-order valence-electron chi connectivity index (χ3n) is 4.52. The van der Waals surface area contributed by atoms with Gasteiger partial charge in [0.25, 0.3) is 5.69 Å². The van der Waals surface area contributed by atoms with E-state index in [-0.39, 0.29) is 16.0 Å². The van der Waals surface area contributed by atoms with Crippen molar-refractivity contribution >= 4 is 22.2 Å². The molecule has 152 valence electrons. The van der Waals surface area contributed by atoms with Crippen molar-refractivity contribution in [1.82, 2.24) is 4.98 Å². The average molecular weight is 412 g/mol. The van der Waals surface area contributed by atoms with Crippen molar-refractivity contribution in [2.45, 2.75) is 39.2 Å². The van der Waals surface area contributed by atoms with Crippen molar-refractivity contribution in [2.75, 3.05) is 12.4 Å². The predicted octanol–water partition coefficient (Wildman–Crippen LogP) is 5.56. The number of non-ortho nitro benzene ring substituents is 1. The fourth-order valence-electron chi connectivity index (χ4n) is 3.11. The lowest BCUT2D eigenvalue weighted by molar-refractivity contribution is -0.384. The second kappa shape index (κ2) is 8.61. The van der Waals surface area contributed by atoms with Crippen LogP contribution in [0, 0.1) is 10.1 Å². The molecule has 6 nitrogen and oxygen atoms in total. The van der Waals surface area contributed by atoms with Crippen LogP contribution in [0.2, 0.25) is 0 Å². The van der Waals surface area contributed by atoms with E-state index >= 15 is 0 Å². The van der Waals surface area contributed by atoms with Gasteiger partial charge in [0.05, 0.1) is 17.7 Å². The molecule has 0 aliphatic carbocycles. The van der Waals surface area contributed by atoms with E-state index in [1.165, 1.54) is 10.9 Å². The van der Waals surface area contributed by atoms with Crippen molar-refractivity contribution in [1.29, 1.82) is 0 Å². The molecule has 0 saturated carbocycles. The summed E-state index contributed by atoms with van der Waals surface area (Å²) in [4.78, 5) is 16.6. The van der Waals surface area contributed by atoms with Crippen LogP contribution in [-0.4, -0.2) is 17.0 Å². The van der Waals surface area contributed by atoms with Gasteiger partial charge in [-0.15, -0.1) is 11.3 Å². The highest BCUT2D eigenvalue weighted by Gasteiger charge is 2.24. The molecule has 0 bridgehead atoms. The molecule has 0 aliphatic rings. The Hall–Kier alpha value is -2.93. The van der Waals surface area contributed by atoms with Gasteiger partial charge in [-0.3, -0.25) is 10.1 Å². The summed E-state index contributed by atoms with van der Waals surface area (Å²) in [5.41, 5.74) is 3.01. The number of ether oxygens (including phenoxy) is 1. The van der Waals surface area contributed by atoms with Crippen LogP contribution in [0.5, 0.6) is 5.75 Å². The second-order valence-corrected chi connectivity index (χ2v) is 8.89. The first kappa shape index (κ1) is 20.8. The van der Waals surface area contributed by atoms with Gasteiger partial charge in [-0.1, -0.05) is 51.1 Å². The molecule has 7 heteroatoms. The largest absolute Gasteiger partial charge is 0.496 e. The number of rotatable bonds is 7. The van der Waals surface area contributed by atoms with E-state index in [4.69, 9.17) is 9.72 Å². The van der Waals surface area contributed by atoms with E-state index in [2.05, 4.69) is 32.2 Å². The molecule has 1 heterocycles. The maximum absolute atomic E-state index is 11.0. The van der Waals surface area contributed by atoms with E-state index < -0.39 is 0 Å². The maximum atomic E-state index is 11.0. The minimum Gasteiger partial charge on any atom is -0.496 e. The van der Waals surface area contributed by atoms with E-state index in [0.29, 0.717) is 6.54 Å². The number of nitrogens with zero attached hydrogens (tertiary/aromatic N) is 2. The summed E-state index contributed by atoms with van der Waals surface area (Å²) in [5, 5.41) is 15.1. The summed E-state index contributed by atoms with van der Waals surface area (Å²) in [6, 6.07) is 14.7. The molecule has 3 aromatic rings. The highest BCUT2D eigenvalue weighted by atomic mass is 32.1. The first-order valence-electron chi connectivity index (χ1n) is 9.37. The molecule has 0 fully saturated rings. The number of aromatic nitrogens is 1. The van der Waals surface area contributed by atoms with Gasteiger partial charge in [0.2, 0.25) is 0 Å². The normalized spacial score (nSPS) is 11.3. The van der Waals surface area contributed by atoms with Gasteiger partial charge >= 0.3 is 0 Å². The summed E-state index contributed by atoms with van der Waals surface area (Å²) in [5.74, 6) is 0.867. The standard InChI is InChI=1S/C22H25N3O3S/c1-22(2,3)20-19(13-16-9-5-6-11-18(16)28-4)29-21(24-20)23-14-15-8-7-10-17(12-15)25(26)27/h5-12H,13-14H2,1-4H3,(H,23,24). The van der Waals surface area contributed by atoms with Crippen LogP contribution in [0.25, 0.3) is 0 Å². The van der Waals surface area contributed by atoms with Crippen LogP contribution < -0.4 is 10.1 Å². The lowest BCUT2D eigenvalue weighted by atomic mass is 9.90.